The van der Waals surface area contributed by atoms with Crippen molar-refractivity contribution in [2.24, 2.45) is 0 Å². The van der Waals surface area contributed by atoms with E-state index in [2.05, 4.69) is 15.3 Å². The highest BCUT2D eigenvalue weighted by atomic mass is 16.4. The summed E-state index contributed by atoms with van der Waals surface area (Å²) in [6.07, 6.45) is -1.07. The minimum Gasteiger partial charge on any atom is -0.442 e. The van der Waals surface area contributed by atoms with Crippen molar-refractivity contribution in [2.45, 2.75) is 13.0 Å². The van der Waals surface area contributed by atoms with Crippen molar-refractivity contribution in [3.63, 3.8) is 0 Å². The highest BCUT2D eigenvalue weighted by Gasteiger charge is 2.22. The van der Waals surface area contributed by atoms with E-state index in [1.54, 1.807) is 43.3 Å². The van der Waals surface area contributed by atoms with Gasteiger partial charge in [0, 0.05) is 11.8 Å². The molecule has 0 aliphatic rings. The standard InChI is InChI=1S/C19H15N3O5/c1-10-15(22-18(26-10)16(23)11-5-3-2-4-6-11)17(24)20-12-7-8-13-14(9-12)27-19(25)21-13/h2-9,16,23H,1H3,(H,20,24)(H,21,25). The summed E-state index contributed by atoms with van der Waals surface area (Å²) in [5.41, 5.74) is 1.97. The minimum atomic E-state index is -1.07. The molecule has 8 nitrogen and oxygen atoms in total. The number of benzene rings is 2. The lowest BCUT2D eigenvalue weighted by Crippen LogP contribution is -2.14. The number of nitrogens with one attached hydrogen (secondary N) is 2. The average Bonchev–Trinajstić information content (AvgIpc) is 3.23. The lowest BCUT2D eigenvalue weighted by molar-refractivity contribution is 0.102. The van der Waals surface area contributed by atoms with Crippen molar-refractivity contribution in [3.8, 4) is 0 Å². The van der Waals surface area contributed by atoms with Gasteiger partial charge in [0.05, 0.1) is 5.52 Å². The molecule has 8 heteroatoms. The van der Waals surface area contributed by atoms with Crippen LogP contribution in [0.5, 0.6) is 0 Å². The van der Waals surface area contributed by atoms with Crippen molar-refractivity contribution < 1.29 is 18.7 Å². The zero-order valence-corrected chi connectivity index (χ0v) is 14.2. The zero-order chi connectivity index (χ0) is 19.0. The molecule has 1 unspecified atom stereocenters. The van der Waals surface area contributed by atoms with Crippen LogP contribution in [0.25, 0.3) is 11.1 Å². The Morgan fingerprint density at radius 1 is 1.19 bits per heavy atom. The van der Waals surface area contributed by atoms with Crippen LogP contribution in [0.4, 0.5) is 5.69 Å². The number of aliphatic hydroxyl groups excluding tert-OH is 1. The lowest BCUT2D eigenvalue weighted by atomic mass is 10.1. The molecular weight excluding hydrogens is 350 g/mol. The number of fused-ring (bicyclic) bond motifs is 1. The third kappa shape index (κ3) is 3.25. The second kappa shape index (κ2) is 6.58. The van der Waals surface area contributed by atoms with E-state index < -0.39 is 17.8 Å². The Balaban J connectivity index is 1.58. The molecule has 27 heavy (non-hydrogen) atoms. The number of rotatable bonds is 4. The molecule has 1 atom stereocenters. The van der Waals surface area contributed by atoms with Crippen LogP contribution in [0.15, 0.2) is 62.2 Å². The first kappa shape index (κ1) is 16.8. The number of carbonyl (C=O) groups is 1. The molecule has 2 heterocycles. The van der Waals surface area contributed by atoms with Gasteiger partial charge in [-0.25, -0.2) is 9.78 Å². The van der Waals surface area contributed by atoms with Crippen molar-refractivity contribution in [3.05, 3.63) is 82.0 Å². The van der Waals surface area contributed by atoms with E-state index in [0.717, 1.165) is 0 Å². The third-order valence-corrected chi connectivity index (χ3v) is 4.06. The number of aromatic nitrogens is 2. The number of oxazole rings is 2. The molecular formula is C19H15N3O5. The van der Waals surface area contributed by atoms with Crippen LogP contribution in [0.2, 0.25) is 0 Å². The Bertz CT molecular complexity index is 1170. The highest BCUT2D eigenvalue weighted by Crippen LogP contribution is 2.24. The first-order valence-electron chi connectivity index (χ1n) is 8.16. The number of hydrogen-bond acceptors (Lipinski definition) is 6. The van der Waals surface area contributed by atoms with Crippen LogP contribution in [0, 0.1) is 6.92 Å². The maximum Gasteiger partial charge on any atom is 0.417 e. The number of nitrogens with zero attached hydrogens (tertiary/aromatic N) is 1. The molecule has 3 N–H and O–H groups in total. The molecule has 0 saturated heterocycles. The van der Waals surface area contributed by atoms with Gasteiger partial charge in [0.2, 0.25) is 5.89 Å². The van der Waals surface area contributed by atoms with E-state index in [1.165, 1.54) is 6.07 Å². The number of aliphatic hydroxyl groups is 1. The summed E-state index contributed by atoms with van der Waals surface area (Å²) >= 11 is 0. The summed E-state index contributed by atoms with van der Waals surface area (Å²) in [7, 11) is 0. The van der Waals surface area contributed by atoms with Crippen LogP contribution in [0.1, 0.15) is 33.8 Å². The molecule has 0 radical (unpaired) electrons. The van der Waals surface area contributed by atoms with Gasteiger partial charge in [-0.3, -0.25) is 9.78 Å². The maximum absolute atomic E-state index is 12.5. The number of aromatic amines is 1. The topological polar surface area (TPSA) is 121 Å². The van der Waals surface area contributed by atoms with E-state index in [0.29, 0.717) is 22.4 Å². The third-order valence-electron chi connectivity index (χ3n) is 4.06. The fourth-order valence-electron chi connectivity index (χ4n) is 2.74. The summed E-state index contributed by atoms with van der Waals surface area (Å²) in [6.45, 7) is 1.59. The van der Waals surface area contributed by atoms with Crippen LogP contribution >= 0.6 is 0 Å². The van der Waals surface area contributed by atoms with Gasteiger partial charge in [-0.05, 0) is 24.6 Å². The average molecular weight is 365 g/mol. The second-order valence-electron chi connectivity index (χ2n) is 5.95. The summed E-state index contributed by atoms with van der Waals surface area (Å²) in [5.74, 6) is -0.747. The molecule has 1 amide bonds. The molecule has 0 fully saturated rings. The molecule has 2 aromatic heterocycles. The van der Waals surface area contributed by atoms with E-state index in [-0.39, 0.29) is 17.3 Å². The van der Waals surface area contributed by atoms with Crippen molar-refractivity contribution in [1.82, 2.24) is 9.97 Å². The van der Waals surface area contributed by atoms with Crippen LogP contribution in [-0.4, -0.2) is 21.0 Å². The Morgan fingerprint density at radius 2 is 1.96 bits per heavy atom. The predicted molar refractivity (Wildman–Crippen MR) is 96.5 cm³/mol. The van der Waals surface area contributed by atoms with Gasteiger partial charge in [-0.15, -0.1) is 0 Å². The van der Waals surface area contributed by atoms with Crippen molar-refractivity contribution in [2.75, 3.05) is 5.32 Å². The van der Waals surface area contributed by atoms with Gasteiger partial charge in [0.1, 0.15) is 5.76 Å². The SMILES string of the molecule is Cc1oc(C(O)c2ccccc2)nc1C(=O)Nc1ccc2[nH]c(=O)oc2c1. The summed E-state index contributed by atoms with van der Waals surface area (Å²) in [5, 5.41) is 13.1. The van der Waals surface area contributed by atoms with Crippen LogP contribution < -0.4 is 11.1 Å². The van der Waals surface area contributed by atoms with E-state index >= 15 is 0 Å². The van der Waals surface area contributed by atoms with Gasteiger partial charge < -0.3 is 19.3 Å². The van der Waals surface area contributed by atoms with E-state index in [1.807, 2.05) is 6.07 Å². The molecule has 0 aliphatic carbocycles. The molecule has 4 rings (SSSR count). The monoisotopic (exact) mass is 365 g/mol. The molecule has 0 spiro atoms. The molecule has 2 aromatic carbocycles. The van der Waals surface area contributed by atoms with Gasteiger partial charge in [0.15, 0.2) is 17.4 Å². The van der Waals surface area contributed by atoms with Crippen LogP contribution in [-0.2, 0) is 0 Å². The smallest absolute Gasteiger partial charge is 0.417 e. The van der Waals surface area contributed by atoms with E-state index in [4.69, 9.17) is 8.83 Å². The van der Waals surface area contributed by atoms with E-state index in [9.17, 15) is 14.7 Å². The van der Waals surface area contributed by atoms with Crippen molar-refractivity contribution in [1.29, 1.82) is 0 Å². The van der Waals surface area contributed by atoms with Gasteiger partial charge in [-0.1, -0.05) is 30.3 Å². The quantitative estimate of drug-likeness (QED) is 0.511. The molecule has 0 saturated carbocycles. The van der Waals surface area contributed by atoms with Crippen LogP contribution in [0.3, 0.4) is 0 Å². The molecule has 0 bridgehead atoms. The second-order valence-corrected chi connectivity index (χ2v) is 5.95. The fraction of sp³-hybridized carbons (Fsp3) is 0.105. The molecule has 136 valence electrons. The largest absolute Gasteiger partial charge is 0.442 e. The Morgan fingerprint density at radius 3 is 2.74 bits per heavy atom. The number of aryl methyl sites for hydroxylation is 1. The van der Waals surface area contributed by atoms with Gasteiger partial charge in [-0.2, -0.15) is 0 Å². The first-order valence-corrected chi connectivity index (χ1v) is 8.16. The molecule has 0 aliphatic heterocycles. The number of carbonyl (C=O) groups excluding carboxylic acids is 1. The Labute approximate surface area is 152 Å². The Hall–Kier alpha value is -3.65. The van der Waals surface area contributed by atoms with Gasteiger partial charge in [0.25, 0.3) is 5.91 Å². The molecule has 4 aromatic rings. The Kier molecular flexibility index (Phi) is 4.09. The highest BCUT2D eigenvalue weighted by molar-refractivity contribution is 6.04. The predicted octanol–water partition coefficient (Wildman–Crippen LogP) is 2.75. The number of amides is 1. The number of H-pyrrole nitrogens is 1. The van der Waals surface area contributed by atoms with Crippen molar-refractivity contribution >= 4 is 22.7 Å². The van der Waals surface area contributed by atoms with Gasteiger partial charge >= 0.3 is 5.76 Å². The normalized spacial score (nSPS) is 12.2. The number of hydrogen-bond donors (Lipinski definition) is 3. The summed E-state index contributed by atoms with van der Waals surface area (Å²) < 4.78 is 10.5. The zero-order valence-electron chi connectivity index (χ0n) is 14.2. The lowest BCUT2D eigenvalue weighted by Gasteiger charge is -2.05. The maximum atomic E-state index is 12.5. The fourth-order valence-corrected chi connectivity index (χ4v) is 2.74. The summed E-state index contributed by atoms with van der Waals surface area (Å²) in [4.78, 5) is 30.4. The first-order chi connectivity index (χ1) is 13.0. The minimum absolute atomic E-state index is 0.0379. The summed E-state index contributed by atoms with van der Waals surface area (Å²) in [6, 6.07) is 13.7. The number of anilines is 1.